The second-order valence-electron chi connectivity index (χ2n) is 5.07. The number of nitrogens with one attached hydrogen (secondary N) is 2. The maximum absolute atomic E-state index is 12.6. The molecule has 3 N–H and O–H groups in total. The maximum Gasteiger partial charge on any atom is 0.416 e. The van der Waals surface area contributed by atoms with Crippen molar-refractivity contribution in [2.24, 2.45) is 5.92 Å². The summed E-state index contributed by atoms with van der Waals surface area (Å²) in [7, 11) is 0. The van der Waals surface area contributed by atoms with Gasteiger partial charge in [-0.15, -0.1) is 0 Å². The zero-order valence-electron chi connectivity index (χ0n) is 12.2. The van der Waals surface area contributed by atoms with Crippen LogP contribution in [0.1, 0.15) is 19.4 Å². The predicted octanol–water partition coefficient (Wildman–Crippen LogP) is 2.90. The van der Waals surface area contributed by atoms with Gasteiger partial charge in [-0.2, -0.15) is 13.2 Å². The molecule has 0 spiro atoms. The van der Waals surface area contributed by atoms with Gasteiger partial charge in [0.25, 0.3) is 0 Å². The number of hydrogen-bond acceptors (Lipinski definition) is 3. The van der Waals surface area contributed by atoms with E-state index in [1.807, 2.05) is 0 Å². The van der Waals surface area contributed by atoms with Gasteiger partial charge in [0.1, 0.15) is 6.04 Å². The summed E-state index contributed by atoms with van der Waals surface area (Å²) in [5, 5.41) is 14.0. The number of halogens is 4. The predicted molar refractivity (Wildman–Crippen MR) is 78.8 cm³/mol. The second kappa shape index (κ2) is 7.69. The van der Waals surface area contributed by atoms with Crippen molar-refractivity contribution < 1.29 is 23.1 Å². The molecule has 0 aliphatic rings. The monoisotopic (exact) mass is 338 g/mol. The van der Waals surface area contributed by atoms with E-state index in [0.717, 1.165) is 12.1 Å². The van der Waals surface area contributed by atoms with Crippen molar-refractivity contribution in [3.63, 3.8) is 0 Å². The highest BCUT2D eigenvalue weighted by Gasteiger charge is 2.31. The average molecular weight is 339 g/mol. The number of hydrogen-bond donors (Lipinski definition) is 3. The third-order valence-electron chi connectivity index (χ3n) is 2.97. The van der Waals surface area contributed by atoms with Gasteiger partial charge in [-0.25, -0.2) is 0 Å². The minimum absolute atomic E-state index is 0.102. The van der Waals surface area contributed by atoms with Crippen LogP contribution < -0.4 is 10.6 Å². The van der Waals surface area contributed by atoms with Crippen LogP contribution in [0.15, 0.2) is 18.2 Å². The number of carbonyl (C=O) groups excluding carboxylic acids is 1. The van der Waals surface area contributed by atoms with E-state index in [4.69, 9.17) is 16.7 Å². The van der Waals surface area contributed by atoms with Crippen molar-refractivity contribution in [3.8, 4) is 0 Å². The number of aliphatic hydroxyl groups is 1. The minimum Gasteiger partial charge on any atom is -0.395 e. The number of alkyl halides is 3. The number of benzene rings is 1. The van der Waals surface area contributed by atoms with Crippen molar-refractivity contribution >= 4 is 23.2 Å². The lowest BCUT2D eigenvalue weighted by atomic mass is 10.0. The Hall–Kier alpha value is -1.47. The van der Waals surface area contributed by atoms with Crippen molar-refractivity contribution in [1.82, 2.24) is 5.32 Å². The average Bonchev–Trinajstić information content (AvgIpc) is 2.41. The van der Waals surface area contributed by atoms with Gasteiger partial charge in [-0.1, -0.05) is 25.4 Å². The fourth-order valence-electron chi connectivity index (χ4n) is 1.80. The molecule has 4 nitrogen and oxygen atoms in total. The number of aliphatic hydroxyl groups excluding tert-OH is 1. The Balaban J connectivity index is 2.93. The zero-order valence-corrected chi connectivity index (χ0v) is 12.9. The molecule has 0 saturated carbocycles. The fourth-order valence-corrected chi connectivity index (χ4v) is 2.04. The lowest BCUT2D eigenvalue weighted by Gasteiger charge is -2.23. The molecule has 0 unspecified atom stereocenters. The minimum atomic E-state index is -4.47. The Morgan fingerprint density at radius 3 is 2.45 bits per heavy atom. The van der Waals surface area contributed by atoms with Crippen LogP contribution >= 0.6 is 11.6 Å². The quantitative estimate of drug-likeness (QED) is 0.747. The summed E-state index contributed by atoms with van der Waals surface area (Å²) in [6, 6.07) is 2.23. The molecule has 1 aromatic rings. The molecule has 124 valence electrons. The highest BCUT2D eigenvalue weighted by Crippen LogP contribution is 2.34. The first-order chi connectivity index (χ1) is 10.2. The van der Waals surface area contributed by atoms with Gasteiger partial charge < -0.3 is 15.7 Å². The van der Waals surface area contributed by atoms with Gasteiger partial charge >= 0.3 is 6.18 Å². The zero-order chi connectivity index (χ0) is 16.9. The molecule has 0 radical (unpaired) electrons. The topological polar surface area (TPSA) is 61.4 Å². The molecule has 0 aliphatic carbocycles. The standard InChI is InChI=1S/C14H18ClF3N2O2/c1-8(2)12(13(22)19-5-6-21)20-11-4-3-9(7-10(11)15)14(16,17)18/h3-4,7-8,12,20-21H,5-6H2,1-2H3,(H,19,22)/t12-/m0/s1. The van der Waals surface area contributed by atoms with E-state index in [1.165, 1.54) is 6.07 Å². The van der Waals surface area contributed by atoms with Crippen LogP contribution in [0, 0.1) is 5.92 Å². The van der Waals surface area contributed by atoms with E-state index < -0.39 is 17.8 Å². The van der Waals surface area contributed by atoms with Gasteiger partial charge in [0, 0.05) is 6.54 Å². The molecule has 1 rings (SSSR count). The maximum atomic E-state index is 12.6. The van der Waals surface area contributed by atoms with Crippen molar-refractivity contribution in [2.75, 3.05) is 18.5 Å². The smallest absolute Gasteiger partial charge is 0.395 e. The summed E-state index contributed by atoms with van der Waals surface area (Å²) in [5.41, 5.74) is -0.610. The second-order valence-corrected chi connectivity index (χ2v) is 5.48. The molecule has 0 aromatic heterocycles. The summed E-state index contributed by atoms with van der Waals surface area (Å²) in [4.78, 5) is 12.0. The molecule has 1 amide bonds. The lowest BCUT2D eigenvalue weighted by Crippen LogP contribution is -2.43. The Morgan fingerprint density at radius 2 is 2.00 bits per heavy atom. The largest absolute Gasteiger partial charge is 0.416 e. The Bertz CT molecular complexity index is 521. The molecular weight excluding hydrogens is 321 g/mol. The fraction of sp³-hybridized carbons (Fsp3) is 0.500. The van der Waals surface area contributed by atoms with Gasteiger partial charge in [0.2, 0.25) is 5.91 Å². The SMILES string of the molecule is CC(C)[C@H](Nc1ccc(C(F)(F)F)cc1Cl)C(=O)NCCO. The first-order valence-electron chi connectivity index (χ1n) is 6.68. The van der Waals surface area contributed by atoms with E-state index in [2.05, 4.69) is 10.6 Å². The Labute approximate surface area is 131 Å². The normalized spacial score (nSPS) is 13.1. The number of anilines is 1. The molecule has 0 bridgehead atoms. The van der Waals surface area contributed by atoms with Gasteiger partial charge in [0.15, 0.2) is 0 Å². The van der Waals surface area contributed by atoms with E-state index in [1.54, 1.807) is 13.8 Å². The molecule has 1 atom stereocenters. The summed E-state index contributed by atoms with van der Waals surface area (Å²) in [5.74, 6) is -0.489. The third kappa shape index (κ3) is 5.06. The van der Waals surface area contributed by atoms with Gasteiger partial charge in [0.05, 0.1) is 22.9 Å². The number of amides is 1. The van der Waals surface area contributed by atoms with Crippen molar-refractivity contribution in [1.29, 1.82) is 0 Å². The van der Waals surface area contributed by atoms with Crippen LogP contribution in [0.3, 0.4) is 0 Å². The molecule has 0 aliphatic heterocycles. The molecule has 22 heavy (non-hydrogen) atoms. The lowest BCUT2D eigenvalue weighted by molar-refractivity contribution is -0.137. The third-order valence-corrected chi connectivity index (χ3v) is 3.28. The highest BCUT2D eigenvalue weighted by atomic mass is 35.5. The van der Waals surface area contributed by atoms with E-state index >= 15 is 0 Å². The molecule has 0 saturated heterocycles. The van der Waals surface area contributed by atoms with Crippen LogP contribution in [0.5, 0.6) is 0 Å². The van der Waals surface area contributed by atoms with Crippen molar-refractivity contribution in [2.45, 2.75) is 26.1 Å². The molecule has 0 fully saturated rings. The van der Waals surface area contributed by atoms with Crippen LogP contribution in [0.2, 0.25) is 5.02 Å². The molecule has 1 aromatic carbocycles. The van der Waals surface area contributed by atoms with E-state index in [0.29, 0.717) is 0 Å². The molecule has 0 heterocycles. The Morgan fingerprint density at radius 1 is 1.36 bits per heavy atom. The van der Waals surface area contributed by atoms with E-state index in [-0.39, 0.29) is 35.7 Å². The molecular formula is C14H18ClF3N2O2. The number of rotatable bonds is 6. The summed E-state index contributed by atoms with van der Waals surface area (Å²) in [6.45, 7) is 3.48. The van der Waals surface area contributed by atoms with Crippen LogP contribution in [-0.4, -0.2) is 30.2 Å². The summed E-state index contributed by atoms with van der Waals surface area (Å²) >= 11 is 5.86. The molecule has 8 heteroatoms. The van der Waals surface area contributed by atoms with Crippen LogP contribution in [0.4, 0.5) is 18.9 Å². The summed E-state index contributed by atoms with van der Waals surface area (Å²) < 4.78 is 37.8. The van der Waals surface area contributed by atoms with Gasteiger partial charge in [-0.05, 0) is 24.1 Å². The van der Waals surface area contributed by atoms with Crippen LogP contribution in [-0.2, 0) is 11.0 Å². The first-order valence-corrected chi connectivity index (χ1v) is 7.06. The van der Waals surface area contributed by atoms with Gasteiger partial charge in [-0.3, -0.25) is 4.79 Å². The van der Waals surface area contributed by atoms with Crippen molar-refractivity contribution in [3.05, 3.63) is 28.8 Å². The summed E-state index contributed by atoms with van der Waals surface area (Å²) in [6.07, 6.45) is -4.47. The van der Waals surface area contributed by atoms with Crippen LogP contribution in [0.25, 0.3) is 0 Å². The number of carbonyl (C=O) groups is 1. The van der Waals surface area contributed by atoms with E-state index in [9.17, 15) is 18.0 Å². The Kier molecular flexibility index (Phi) is 6.49. The first kappa shape index (κ1) is 18.6. The highest BCUT2D eigenvalue weighted by molar-refractivity contribution is 6.33.